The normalized spacial score (nSPS) is 10.6. The Kier molecular flexibility index (Phi) is 2.64. The first-order valence-electron chi connectivity index (χ1n) is 1.98. The number of aliphatic hydroxyl groups excluding tert-OH is 1. The number of methoxy groups -OCH3 is 1. The minimum Gasteiger partial charge on any atom is -0.475 e. The van der Waals surface area contributed by atoms with Gasteiger partial charge in [-0.25, -0.2) is 0 Å². The van der Waals surface area contributed by atoms with Crippen LogP contribution in [-0.4, -0.2) is 12.2 Å². The van der Waals surface area contributed by atoms with Crippen molar-refractivity contribution in [3.8, 4) is 6.07 Å². The van der Waals surface area contributed by atoms with E-state index in [1.165, 1.54) is 6.07 Å². The molecule has 5 heteroatoms. The van der Waals surface area contributed by atoms with Gasteiger partial charge in [-0.15, -0.1) is 0 Å². The van der Waals surface area contributed by atoms with E-state index in [4.69, 9.17) is 15.8 Å². The zero-order valence-electron chi connectivity index (χ0n) is 4.70. The lowest BCUT2D eigenvalue weighted by Gasteiger charge is -1.85. The fourth-order valence-corrected chi connectivity index (χ4v) is 0.210. The second-order valence-corrected chi connectivity index (χ2v) is 1.07. The van der Waals surface area contributed by atoms with Crippen LogP contribution in [0.5, 0.6) is 0 Å². The Balaban J connectivity index is 4.49. The molecule has 0 fully saturated rings. The zero-order valence-corrected chi connectivity index (χ0v) is 4.70. The second-order valence-electron chi connectivity index (χ2n) is 1.07. The van der Waals surface area contributed by atoms with Crippen LogP contribution in [0.2, 0.25) is 0 Å². The maximum Gasteiger partial charge on any atom is 0.540 e. The average Bonchev–Trinajstić information content (AvgIpc) is 1.90. The first kappa shape index (κ1) is 7.25. The van der Waals surface area contributed by atoms with E-state index in [0.29, 0.717) is 0 Å². The summed E-state index contributed by atoms with van der Waals surface area (Å²) in [5.74, 6) is -0.694. The molecule has 0 aliphatic heterocycles. The number of hydrogen-bond acceptors (Lipinski definition) is 4. The maximum atomic E-state index is 8.50. The van der Waals surface area contributed by atoms with Crippen molar-refractivity contribution >= 4 is 0 Å². The van der Waals surface area contributed by atoms with Crippen molar-refractivity contribution in [1.29, 1.82) is 10.7 Å². The Morgan fingerprint density at radius 2 is 2.33 bits per heavy atom. The summed E-state index contributed by atoms with van der Waals surface area (Å²) >= 11 is 0. The van der Waals surface area contributed by atoms with Gasteiger partial charge in [-0.05, 0) is 0 Å². The van der Waals surface area contributed by atoms with Crippen LogP contribution in [0, 0.1) is 16.7 Å². The van der Waals surface area contributed by atoms with Gasteiger partial charge in [0, 0.05) is 0 Å². The first-order chi connectivity index (χ1) is 4.26. The average molecular weight is 126 g/mol. The summed E-state index contributed by atoms with van der Waals surface area (Å²) in [6, 6.07) is 1.39. The number of ether oxygens (including phenoxy) is 1. The molecule has 0 unspecified atom stereocenters. The standard InChI is InChI=1S/C4H3N3O2/c1-9-4(8)3(2-5)7-6/h1H3/p+1/b4-3+. The van der Waals surface area contributed by atoms with E-state index in [9.17, 15) is 0 Å². The molecule has 0 radical (unpaired) electrons. The van der Waals surface area contributed by atoms with Gasteiger partial charge in [-0.3, -0.25) is 0 Å². The Morgan fingerprint density at radius 1 is 1.78 bits per heavy atom. The van der Waals surface area contributed by atoms with E-state index in [1.54, 1.807) is 0 Å². The van der Waals surface area contributed by atoms with Crippen molar-refractivity contribution in [2.75, 3.05) is 7.11 Å². The van der Waals surface area contributed by atoms with Gasteiger partial charge in [0.2, 0.25) is 11.5 Å². The Morgan fingerprint density at radius 3 is 2.44 bits per heavy atom. The summed E-state index contributed by atoms with van der Waals surface area (Å²) in [4.78, 5) is 2.42. The predicted molar refractivity (Wildman–Crippen MR) is 27.4 cm³/mol. The van der Waals surface area contributed by atoms with Gasteiger partial charge in [0.1, 0.15) is 0 Å². The molecule has 46 valence electrons. The lowest BCUT2D eigenvalue weighted by molar-refractivity contribution is 0.134. The largest absolute Gasteiger partial charge is 0.540 e. The van der Waals surface area contributed by atoms with E-state index < -0.39 is 11.6 Å². The summed E-state index contributed by atoms with van der Waals surface area (Å²) in [6.07, 6.45) is 0. The van der Waals surface area contributed by atoms with Crippen LogP contribution >= 0.6 is 0 Å². The third kappa shape index (κ3) is 1.66. The van der Waals surface area contributed by atoms with Gasteiger partial charge >= 0.3 is 11.6 Å². The molecule has 0 rings (SSSR count). The molecule has 0 aromatic rings. The Labute approximate surface area is 51.4 Å². The minimum atomic E-state index is -0.694. The predicted octanol–water partition coefficient (Wildman–Crippen LogP) is 0.737. The molecular weight excluding hydrogens is 122 g/mol. The molecular formula is C4H4N3O2+. The summed E-state index contributed by atoms with van der Waals surface area (Å²) in [6.45, 7) is 0. The smallest absolute Gasteiger partial charge is 0.475 e. The molecule has 0 saturated heterocycles. The van der Waals surface area contributed by atoms with Crippen LogP contribution in [0.15, 0.2) is 11.6 Å². The highest BCUT2D eigenvalue weighted by molar-refractivity contribution is 5.26. The van der Waals surface area contributed by atoms with Crippen LogP contribution in [0.3, 0.4) is 0 Å². The van der Waals surface area contributed by atoms with E-state index in [2.05, 4.69) is 9.71 Å². The van der Waals surface area contributed by atoms with Gasteiger partial charge in [0.05, 0.1) is 7.11 Å². The highest BCUT2D eigenvalue weighted by Crippen LogP contribution is 2.00. The third-order valence-corrected chi connectivity index (χ3v) is 0.602. The van der Waals surface area contributed by atoms with Crippen LogP contribution in [-0.2, 0) is 4.74 Å². The van der Waals surface area contributed by atoms with Gasteiger partial charge in [-0.1, -0.05) is 0 Å². The van der Waals surface area contributed by atoms with Gasteiger partial charge in [0.15, 0.2) is 4.98 Å². The molecule has 0 saturated carbocycles. The fourth-order valence-electron chi connectivity index (χ4n) is 0.210. The molecule has 0 spiro atoms. The van der Waals surface area contributed by atoms with Crippen molar-refractivity contribution < 1.29 is 9.84 Å². The highest BCUT2D eigenvalue weighted by Gasteiger charge is 2.17. The lowest BCUT2D eigenvalue weighted by Crippen LogP contribution is -1.86. The number of hydrogen-bond donors (Lipinski definition) is 1. The van der Waals surface area contributed by atoms with Crippen molar-refractivity contribution in [2.24, 2.45) is 0 Å². The Bertz CT molecular complexity index is 191. The first-order valence-corrected chi connectivity index (χ1v) is 1.98. The van der Waals surface area contributed by atoms with Crippen molar-refractivity contribution in [2.45, 2.75) is 0 Å². The van der Waals surface area contributed by atoms with Gasteiger partial charge in [-0.2, -0.15) is 5.26 Å². The van der Waals surface area contributed by atoms with Gasteiger partial charge in [0.25, 0.3) is 0 Å². The molecule has 5 nitrogen and oxygen atoms in total. The van der Waals surface area contributed by atoms with Crippen molar-refractivity contribution in [3.05, 3.63) is 16.6 Å². The number of rotatable bonds is 1. The summed E-state index contributed by atoms with van der Waals surface area (Å²) in [5, 5.41) is 24.5. The number of nitrogens with zero attached hydrogens (tertiary/aromatic N) is 3. The summed E-state index contributed by atoms with van der Waals surface area (Å²) in [7, 11) is 1.15. The summed E-state index contributed by atoms with van der Waals surface area (Å²) < 4.78 is 4.15. The van der Waals surface area contributed by atoms with E-state index >= 15 is 0 Å². The molecule has 9 heavy (non-hydrogen) atoms. The van der Waals surface area contributed by atoms with Crippen LogP contribution < -0.4 is 0 Å². The third-order valence-electron chi connectivity index (χ3n) is 0.602. The molecule has 0 aliphatic rings. The zero-order chi connectivity index (χ0) is 7.28. The molecule has 0 amide bonds. The quantitative estimate of drug-likeness (QED) is 0.319. The molecule has 0 aromatic carbocycles. The number of aliphatic hydroxyl groups is 1. The van der Waals surface area contributed by atoms with Crippen LogP contribution in [0.1, 0.15) is 0 Å². The van der Waals surface area contributed by atoms with E-state index in [0.717, 1.165) is 7.11 Å². The molecule has 0 bridgehead atoms. The monoisotopic (exact) mass is 126 g/mol. The van der Waals surface area contributed by atoms with Crippen molar-refractivity contribution in [3.63, 3.8) is 0 Å². The van der Waals surface area contributed by atoms with E-state index in [1.807, 2.05) is 0 Å². The van der Waals surface area contributed by atoms with Crippen LogP contribution in [0.4, 0.5) is 0 Å². The molecule has 0 heterocycles. The number of allylic oxidation sites excluding steroid dienone is 1. The van der Waals surface area contributed by atoms with E-state index in [-0.39, 0.29) is 0 Å². The molecule has 0 aliphatic carbocycles. The highest BCUT2D eigenvalue weighted by atomic mass is 16.6. The minimum absolute atomic E-state index is 0.544. The molecule has 0 aromatic heterocycles. The fraction of sp³-hybridized carbons (Fsp3) is 0.250. The number of diazo groups is 1. The SMILES string of the molecule is CO/C(O)=C(\C#N)[N+]#N. The topological polar surface area (TPSA) is 81.4 Å². The Hall–Kier alpha value is -1.75. The van der Waals surface area contributed by atoms with Crippen LogP contribution in [0.25, 0.3) is 4.98 Å². The summed E-state index contributed by atoms with van der Waals surface area (Å²) in [5.41, 5.74) is -0.544. The van der Waals surface area contributed by atoms with Gasteiger partial charge < -0.3 is 9.84 Å². The lowest BCUT2D eigenvalue weighted by atomic mass is 10.5. The maximum absolute atomic E-state index is 8.50. The number of nitriles is 1. The molecule has 0 atom stereocenters. The molecule has 1 N–H and O–H groups in total. The van der Waals surface area contributed by atoms with Crippen molar-refractivity contribution in [1.82, 2.24) is 0 Å². The second kappa shape index (κ2) is 3.28.